The van der Waals surface area contributed by atoms with E-state index in [1.807, 2.05) is 36.2 Å². The van der Waals surface area contributed by atoms with Gasteiger partial charge in [0, 0.05) is 19.2 Å². The van der Waals surface area contributed by atoms with Gasteiger partial charge in [0.2, 0.25) is 5.91 Å². The summed E-state index contributed by atoms with van der Waals surface area (Å²) in [6.45, 7) is 1.43. The number of nitrogens with one attached hydrogen (secondary N) is 2. The first-order valence-electron chi connectivity index (χ1n) is 10.8. The number of rotatable bonds is 5. The number of nitriles is 1. The highest BCUT2D eigenvalue weighted by molar-refractivity contribution is 6.13. The summed E-state index contributed by atoms with van der Waals surface area (Å²) in [6.07, 6.45) is 0. The summed E-state index contributed by atoms with van der Waals surface area (Å²) in [4.78, 5) is 38.8. The van der Waals surface area contributed by atoms with E-state index in [9.17, 15) is 20.0 Å². The third kappa shape index (κ3) is 4.45. The number of aliphatic imine (C=N–C) groups is 3. The van der Waals surface area contributed by atoms with Crippen molar-refractivity contribution in [3.8, 4) is 17.6 Å². The molecule has 36 heavy (non-hydrogen) atoms. The molecule has 2 aromatic rings. The van der Waals surface area contributed by atoms with Gasteiger partial charge in [-0.2, -0.15) is 10.3 Å². The van der Waals surface area contributed by atoms with Crippen molar-refractivity contribution < 1.29 is 24.2 Å². The molecule has 180 valence electrons. The molecule has 0 saturated heterocycles. The Kier molecular flexibility index (Phi) is 5.79. The summed E-state index contributed by atoms with van der Waals surface area (Å²) >= 11 is 0. The van der Waals surface area contributed by atoms with Gasteiger partial charge in [0.1, 0.15) is 35.1 Å². The summed E-state index contributed by atoms with van der Waals surface area (Å²) < 4.78 is 11.8. The largest absolute Gasteiger partial charge is 0.478 e. The van der Waals surface area contributed by atoms with Gasteiger partial charge in [-0.25, -0.2) is 4.79 Å². The molecule has 3 aliphatic rings. The van der Waals surface area contributed by atoms with Crippen molar-refractivity contribution in [1.82, 2.24) is 15.5 Å². The van der Waals surface area contributed by atoms with Crippen LogP contribution < -0.4 is 20.1 Å². The van der Waals surface area contributed by atoms with E-state index in [4.69, 9.17) is 9.47 Å². The molecule has 0 spiro atoms. The number of fused-ring (bicyclic) bond motifs is 1. The van der Waals surface area contributed by atoms with E-state index in [1.54, 1.807) is 6.07 Å². The number of nitrogens with zero attached hydrogens (tertiary/aromatic N) is 5. The van der Waals surface area contributed by atoms with Crippen molar-refractivity contribution >= 4 is 29.6 Å². The zero-order chi connectivity index (χ0) is 25.2. The molecule has 12 nitrogen and oxygen atoms in total. The Hall–Kier alpha value is -5.18. The van der Waals surface area contributed by atoms with Gasteiger partial charge in [-0.05, 0) is 30.3 Å². The Balaban J connectivity index is 1.50. The topological polar surface area (TPSA) is 161 Å². The average Bonchev–Trinajstić information content (AvgIpc) is 3.30. The lowest BCUT2D eigenvalue weighted by atomic mass is 10.1. The quantitative estimate of drug-likeness (QED) is 0.567. The standard InChI is InChI=1S/C24H19N7O5/c1-31-8-7-26-21(31)14-3-2-4-15(10-14)35-24-29-20-19(28-18(32)12-27-20)22(30-24)36-17-9-13(11-25)5-6-16(17)23(33)34/h2-6,9-10H,7-8,12H2,1H3,(H,28,32)(H,33,34)(H,27,29,30). The van der Waals surface area contributed by atoms with Crippen LogP contribution in [0.3, 0.4) is 0 Å². The summed E-state index contributed by atoms with van der Waals surface area (Å²) in [5.41, 5.74) is 0.993. The van der Waals surface area contributed by atoms with E-state index in [0.717, 1.165) is 24.5 Å². The van der Waals surface area contributed by atoms with Crippen LogP contribution in [0.2, 0.25) is 0 Å². The SMILES string of the molecule is CN1CCN=C1c1cccc(OC2=NC(Oc3cc(C#N)ccc3C(=O)O)=C3NC(=O)CN=C3N2)c1. The molecule has 0 aliphatic carbocycles. The third-order valence-corrected chi connectivity index (χ3v) is 5.44. The van der Waals surface area contributed by atoms with Crippen molar-refractivity contribution in [2.75, 3.05) is 26.7 Å². The fourth-order valence-corrected chi connectivity index (χ4v) is 3.74. The second-order valence-corrected chi connectivity index (χ2v) is 7.92. The highest BCUT2D eigenvalue weighted by atomic mass is 16.5. The van der Waals surface area contributed by atoms with Gasteiger partial charge >= 0.3 is 12.0 Å². The van der Waals surface area contributed by atoms with Gasteiger partial charge < -0.3 is 24.8 Å². The Morgan fingerprint density at radius 1 is 1.17 bits per heavy atom. The molecule has 0 unspecified atom stereocenters. The number of hydrogen-bond donors (Lipinski definition) is 3. The molecule has 3 heterocycles. The van der Waals surface area contributed by atoms with E-state index in [-0.39, 0.29) is 46.9 Å². The molecule has 0 saturated carbocycles. The Labute approximate surface area is 204 Å². The Morgan fingerprint density at radius 3 is 2.78 bits per heavy atom. The normalized spacial score (nSPS) is 16.6. The first-order chi connectivity index (χ1) is 17.4. The van der Waals surface area contributed by atoms with Crippen molar-refractivity contribution in [3.05, 3.63) is 70.7 Å². The van der Waals surface area contributed by atoms with Crippen LogP contribution in [-0.4, -0.2) is 66.3 Å². The average molecular weight is 485 g/mol. The van der Waals surface area contributed by atoms with Gasteiger partial charge in [0.25, 0.3) is 5.88 Å². The van der Waals surface area contributed by atoms with Crippen LogP contribution in [0.5, 0.6) is 11.5 Å². The minimum atomic E-state index is -1.26. The number of carboxylic acids is 1. The highest BCUT2D eigenvalue weighted by Gasteiger charge is 2.30. The third-order valence-electron chi connectivity index (χ3n) is 5.44. The number of carbonyl (C=O) groups is 2. The number of benzene rings is 2. The minimum absolute atomic E-state index is 0.00386. The van der Waals surface area contributed by atoms with E-state index < -0.39 is 11.9 Å². The number of amides is 1. The summed E-state index contributed by atoms with van der Waals surface area (Å²) in [5, 5.41) is 24.3. The van der Waals surface area contributed by atoms with Crippen LogP contribution in [0.15, 0.2) is 69.0 Å². The Morgan fingerprint density at radius 2 is 2.03 bits per heavy atom. The summed E-state index contributed by atoms with van der Waals surface area (Å²) in [7, 11) is 1.96. The number of hydrogen-bond acceptors (Lipinski definition) is 10. The van der Waals surface area contributed by atoms with Gasteiger partial charge in [0.05, 0.1) is 18.2 Å². The number of aromatic carboxylic acids is 1. The van der Waals surface area contributed by atoms with Crippen LogP contribution in [0, 0.1) is 11.3 Å². The monoisotopic (exact) mass is 485 g/mol. The molecule has 3 N–H and O–H groups in total. The predicted octanol–water partition coefficient (Wildman–Crippen LogP) is 1.06. The molecular weight excluding hydrogens is 466 g/mol. The lowest BCUT2D eigenvalue weighted by Crippen LogP contribution is -2.48. The van der Waals surface area contributed by atoms with Crippen molar-refractivity contribution in [3.63, 3.8) is 0 Å². The molecule has 0 radical (unpaired) electrons. The first-order valence-corrected chi connectivity index (χ1v) is 10.8. The van der Waals surface area contributed by atoms with Crippen molar-refractivity contribution in [1.29, 1.82) is 5.26 Å². The maximum Gasteiger partial charge on any atom is 0.339 e. The van der Waals surface area contributed by atoms with Gasteiger partial charge in [0.15, 0.2) is 5.84 Å². The number of ether oxygens (including phenoxy) is 2. The lowest BCUT2D eigenvalue weighted by molar-refractivity contribution is -0.119. The first kappa shape index (κ1) is 22.6. The van der Waals surface area contributed by atoms with Crippen LogP contribution in [0.1, 0.15) is 21.5 Å². The maximum absolute atomic E-state index is 12.0. The van der Waals surface area contributed by atoms with Crippen molar-refractivity contribution in [2.24, 2.45) is 15.0 Å². The molecule has 5 rings (SSSR count). The molecule has 0 atom stereocenters. The summed E-state index contributed by atoms with van der Waals surface area (Å²) in [6, 6.07) is 13.1. The van der Waals surface area contributed by atoms with E-state index in [2.05, 4.69) is 25.6 Å². The van der Waals surface area contributed by atoms with Crippen molar-refractivity contribution in [2.45, 2.75) is 0 Å². The number of carboxylic acid groups (broad SMARTS) is 1. The van der Waals surface area contributed by atoms with Gasteiger partial charge in [-0.15, -0.1) is 0 Å². The zero-order valence-corrected chi connectivity index (χ0v) is 19.0. The van der Waals surface area contributed by atoms with Crippen LogP contribution >= 0.6 is 0 Å². The molecule has 3 aliphatic heterocycles. The van der Waals surface area contributed by atoms with Crippen LogP contribution in [0.25, 0.3) is 0 Å². The molecule has 0 bridgehead atoms. The Bertz CT molecular complexity index is 1450. The smallest absolute Gasteiger partial charge is 0.339 e. The van der Waals surface area contributed by atoms with Crippen LogP contribution in [0.4, 0.5) is 0 Å². The van der Waals surface area contributed by atoms with Gasteiger partial charge in [-0.1, -0.05) is 12.1 Å². The number of likely N-dealkylation sites (N-methyl/N-ethyl adjacent to an activating group) is 1. The molecule has 0 fully saturated rings. The predicted molar refractivity (Wildman–Crippen MR) is 128 cm³/mol. The molecule has 1 amide bonds. The lowest BCUT2D eigenvalue weighted by Gasteiger charge is -2.25. The highest BCUT2D eigenvalue weighted by Crippen LogP contribution is 2.26. The summed E-state index contributed by atoms with van der Waals surface area (Å²) in [5.74, 6) is -0.381. The van der Waals surface area contributed by atoms with E-state index >= 15 is 0 Å². The molecular formula is C24H19N7O5. The zero-order valence-electron chi connectivity index (χ0n) is 19.0. The number of amidine groups is 3. The fraction of sp³-hybridized carbons (Fsp3) is 0.167. The number of carbonyl (C=O) groups excluding carboxylic acids is 1. The maximum atomic E-state index is 12.0. The second-order valence-electron chi connectivity index (χ2n) is 7.92. The molecule has 12 heteroatoms. The van der Waals surface area contributed by atoms with E-state index in [1.165, 1.54) is 18.2 Å². The minimum Gasteiger partial charge on any atom is -0.478 e. The van der Waals surface area contributed by atoms with E-state index in [0.29, 0.717) is 5.75 Å². The van der Waals surface area contributed by atoms with Crippen LogP contribution in [-0.2, 0) is 4.79 Å². The van der Waals surface area contributed by atoms with Gasteiger partial charge in [-0.3, -0.25) is 20.1 Å². The fourth-order valence-electron chi connectivity index (χ4n) is 3.74. The molecule has 2 aromatic carbocycles. The molecule has 0 aromatic heterocycles. The second kappa shape index (κ2) is 9.22.